The zero-order valence-electron chi connectivity index (χ0n) is 7.03. The molecule has 0 amide bonds. The van der Waals surface area contributed by atoms with Crippen molar-refractivity contribution in [3.8, 4) is 0 Å². The lowest BCUT2D eigenvalue weighted by atomic mass is 10.1. The van der Waals surface area contributed by atoms with Crippen LogP contribution in [0.25, 0.3) is 0 Å². The molecule has 1 N–H and O–H groups in total. The van der Waals surface area contributed by atoms with Gasteiger partial charge < -0.3 is 9.84 Å². The van der Waals surface area contributed by atoms with E-state index in [2.05, 4.69) is 27.3 Å². The summed E-state index contributed by atoms with van der Waals surface area (Å²) < 4.78 is 5.39. The second kappa shape index (κ2) is 4.57. The number of aliphatic hydroxyl groups is 1. The molecule has 0 bridgehead atoms. The van der Waals surface area contributed by atoms with Crippen LogP contribution in [0.2, 0.25) is 0 Å². The van der Waals surface area contributed by atoms with Crippen molar-refractivity contribution >= 4 is 28.6 Å². The van der Waals surface area contributed by atoms with Gasteiger partial charge in [0.05, 0.1) is 7.11 Å². The molecule has 0 saturated heterocycles. The molecule has 0 aliphatic heterocycles. The fraction of sp³-hybridized carbons (Fsp3) is 0.222. The highest BCUT2D eigenvalue weighted by molar-refractivity contribution is 14.1. The Morgan fingerprint density at radius 1 is 1.62 bits per heavy atom. The van der Waals surface area contributed by atoms with E-state index in [-0.39, 0.29) is 0 Å². The maximum absolute atomic E-state index is 10.9. The number of hydrogen-bond donors (Lipinski definition) is 1. The molecule has 0 saturated carbocycles. The van der Waals surface area contributed by atoms with Gasteiger partial charge in [0.15, 0.2) is 6.10 Å². The lowest BCUT2D eigenvalue weighted by Crippen LogP contribution is -2.13. The SMILES string of the molecule is COC(=O)C(O)c1cccc(I)c1. The van der Waals surface area contributed by atoms with Gasteiger partial charge in [-0.25, -0.2) is 4.79 Å². The van der Waals surface area contributed by atoms with Gasteiger partial charge in [0.25, 0.3) is 0 Å². The highest BCUT2D eigenvalue weighted by Gasteiger charge is 2.17. The average molecular weight is 292 g/mol. The number of carbonyl (C=O) groups is 1. The zero-order valence-corrected chi connectivity index (χ0v) is 9.19. The topological polar surface area (TPSA) is 46.5 Å². The summed E-state index contributed by atoms with van der Waals surface area (Å²) in [7, 11) is 1.25. The van der Waals surface area contributed by atoms with Crippen molar-refractivity contribution in [3.63, 3.8) is 0 Å². The normalized spacial score (nSPS) is 12.2. The van der Waals surface area contributed by atoms with E-state index < -0.39 is 12.1 Å². The zero-order chi connectivity index (χ0) is 9.84. The molecule has 1 atom stereocenters. The van der Waals surface area contributed by atoms with Crippen LogP contribution >= 0.6 is 22.6 Å². The number of methoxy groups -OCH3 is 1. The van der Waals surface area contributed by atoms with E-state index in [1.807, 2.05) is 6.07 Å². The molecule has 70 valence electrons. The predicted octanol–water partition coefficient (Wildman–Crippen LogP) is 1.50. The van der Waals surface area contributed by atoms with E-state index in [0.29, 0.717) is 5.56 Å². The third-order valence-electron chi connectivity index (χ3n) is 1.59. The Labute approximate surface area is 89.9 Å². The van der Waals surface area contributed by atoms with Crippen LogP contribution in [-0.4, -0.2) is 18.2 Å². The summed E-state index contributed by atoms with van der Waals surface area (Å²) in [6, 6.07) is 7.09. The van der Waals surface area contributed by atoms with Crippen molar-refractivity contribution in [2.24, 2.45) is 0 Å². The summed E-state index contributed by atoms with van der Waals surface area (Å²) in [5.41, 5.74) is 0.554. The van der Waals surface area contributed by atoms with Crippen molar-refractivity contribution in [3.05, 3.63) is 33.4 Å². The molecule has 13 heavy (non-hydrogen) atoms. The second-order valence-electron chi connectivity index (χ2n) is 2.48. The molecule has 3 nitrogen and oxygen atoms in total. The summed E-state index contributed by atoms with van der Waals surface area (Å²) in [6.45, 7) is 0. The van der Waals surface area contributed by atoms with Crippen LogP contribution < -0.4 is 0 Å². The molecule has 1 rings (SSSR count). The third kappa shape index (κ3) is 2.67. The number of esters is 1. The Morgan fingerprint density at radius 3 is 2.85 bits per heavy atom. The Kier molecular flexibility index (Phi) is 3.68. The molecular weight excluding hydrogens is 283 g/mol. The maximum atomic E-state index is 10.9. The number of halogens is 1. The summed E-state index contributed by atoms with van der Waals surface area (Å²) in [6.07, 6.45) is -1.18. The molecule has 0 spiro atoms. The fourth-order valence-electron chi connectivity index (χ4n) is 0.924. The van der Waals surface area contributed by atoms with Crippen LogP contribution in [0.1, 0.15) is 11.7 Å². The first-order chi connectivity index (χ1) is 6.15. The molecule has 4 heteroatoms. The van der Waals surface area contributed by atoms with Gasteiger partial charge in [0.2, 0.25) is 0 Å². The Bertz CT molecular complexity index is 311. The smallest absolute Gasteiger partial charge is 0.339 e. The minimum absolute atomic E-state index is 0.554. The second-order valence-corrected chi connectivity index (χ2v) is 3.73. The lowest BCUT2D eigenvalue weighted by molar-refractivity contribution is -0.150. The van der Waals surface area contributed by atoms with Gasteiger partial charge >= 0.3 is 5.97 Å². The number of hydrogen-bond acceptors (Lipinski definition) is 3. The van der Waals surface area contributed by atoms with Gasteiger partial charge in [-0.1, -0.05) is 12.1 Å². The standard InChI is InChI=1S/C9H9IO3/c1-13-9(12)8(11)6-3-2-4-7(10)5-6/h2-5,8,11H,1H3. The van der Waals surface area contributed by atoms with Gasteiger partial charge in [0, 0.05) is 3.57 Å². The van der Waals surface area contributed by atoms with E-state index in [0.717, 1.165) is 3.57 Å². The van der Waals surface area contributed by atoms with Crippen LogP contribution in [0.5, 0.6) is 0 Å². The van der Waals surface area contributed by atoms with E-state index >= 15 is 0 Å². The van der Waals surface area contributed by atoms with Crippen LogP contribution in [0.3, 0.4) is 0 Å². The third-order valence-corrected chi connectivity index (χ3v) is 2.26. The molecular formula is C9H9IO3. The number of aliphatic hydroxyl groups excluding tert-OH is 1. The van der Waals surface area contributed by atoms with E-state index in [1.165, 1.54) is 7.11 Å². The summed E-state index contributed by atoms with van der Waals surface area (Å²) in [5, 5.41) is 9.44. The van der Waals surface area contributed by atoms with Crippen molar-refractivity contribution in [1.29, 1.82) is 0 Å². The molecule has 1 aromatic carbocycles. The molecule has 0 aliphatic rings. The van der Waals surface area contributed by atoms with E-state index in [4.69, 9.17) is 0 Å². The first-order valence-electron chi connectivity index (χ1n) is 3.66. The molecule has 1 aromatic rings. The predicted molar refractivity (Wildman–Crippen MR) is 56.1 cm³/mol. The summed E-state index contributed by atoms with van der Waals surface area (Å²) in [4.78, 5) is 10.9. The monoisotopic (exact) mass is 292 g/mol. The summed E-state index contributed by atoms with van der Waals surface area (Å²) in [5.74, 6) is -0.637. The van der Waals surface area contributed by atoms with Crippen molar-refractivity contribution in [2.75, 3.05) is 7.11 Å². The molecule has 0 fully saturated rings. The van der Waals surface area contributed by atoms with Gasteiger partial charge in [0.1, 0.15) is 0 Å². The lowest BCUT2D eigenvalue weighted by Gasteiger charge is -2.08. The van der Waals surface area contributed by atoms with Crippen molar-refractivity contribution in [2.45, 2.75) is 6.10 Å². The summed E-state index contributed by atoms with van der Waals surface area (Å²) >= 11 is 2.11. The highest BCUT2D eigenvalue weighted by atomic mass is 127. The molecule has 0 aromatic heterocycles. The molecule has 0 heterocycles. The van der Waals surface area contributed by atoms with Crippen molar-refractivity contribution in [1.82, 2.24) is 0 Å². The first-order valence-corrected chi connectivity index (χ1v) is 4.74. The fourth-order valence-corrected chi connectivity index (χ4v) is 1.49. The highest BCUT2D eigenvalue weighted by Crippen LogP contribution is 2.16. The van der Waals surface area contributed by atoms with Gasteiger partial charge in [-0.15, -0.1) is 0 Å². The minimum atomic E-state index is -1.18. The molecule has 0 radical (unpaired) electrons. The number of benzene rings is 1. The van der Waals surface area contributed by atoms with Crippen LogP contribution in [-0.2, 0) is 9.53 Å². The van der Waals surface area contributed by atoms with Crippen molar-refractivity contribution < 1.29 is 14.6 Å². The number of carbonyl (C=O) groups excluding carboxylic acids is 1. The Hall–Kier alpha value is -0.620. The minimum Gasteiger partial charge on any atom is -0.467 e. The van der Waals surface area contributed by atoms with E-state index in [9.17, 15) is 9.90 Å². The largest absolute Gasteiger partial charge is 0.467 e. The Morgan fingerprint density at radius 2 is 2.31 bits per heavy atom. The maximum Gasteiger partial charge on any atom is 0.339 e. The van der Waals surface area contributed by atoms with Gasteiger partial charge in [-0.2, -0.15) is 0 Å². The first kappa shape index (κ1) is 10.5. The van der Waals surface area contributed by atoms with Gasteiger partial charge in [-0.05, 0) is 40.3 Å². The van der Waals surface area contributed by atoms with Gasteiger partial charge in [-0.3, -0.25) is 0 Å². The number of rotatable bonds is 2. The average Bonchev–Trinajstić information content (AvgIpc) is 2.15. The van der Waals surface area contributed by atoms with Crippen LogP contribution in [0.4, 0.5) is 0 Å². The van der Waals surface area contributed by atoms with E-state index in [1.54, 1.807) is 18.2 Å². The van der Waals surface area contributed by atoms with Crippen LogP contribution in [0, 0.1) is 3.57 Å². The number of ether oxygens (including phenoxy) is 1. The Balaban J connectivity index is 2.88. The van der Waals surface area contributed by atoms with Crippen LogP contribution in [0.15, 0.2) is 24.3 Å². The molecule has 1 unspecified atom stereocenters. The quantitative estimate of drug-likeness (QED) is 0.663. The molecule has 0 aliphatic carbocycles.